The normalized spacial score (nSPS) is 14.7. The molecule has 2 heterocycles. The van der Waals surface area contributed by atoms with Crippen LogP contribution in [0.5, 0.6) is 5.88 Å². The van der Waals surface area contributed by atoms with Gasteiger partial charge in [-0.3, -0.25) is 9.59 Å². The van der Waals surface area contributed by atoms with E-state index in [0.717, 1.165) is 54.4 Å². The summed E-state index contributed by atoms with van der Waals surface area (Å²) < 4.78 is 14.9. The second kappa shape index (κ2) is 12.6. The van der Waals surface area contributed by atoms with Crippen molar-refractivity contribution in [2.24, 2.45) is 0 Å². The van der Waals surface area contributed by atoms with Gasteiger partial charge in [0.05, 0.1) is 12.6 Å². The topological polar surface area (TPSA) is 57.5 Å². The molecule has 6 heteroatoms. The lowest BCUT2D eigenvalue weighted by molar-refractivity contribution is -0.140. The molecule has 252 valence electrons. The Balaban J connectivity index is 1.63. The molecular formula is C46H34NO4P. The fourth-order valence-electron chi connectivity index (χ4n) is 8.30. The molecule has 6 aromatic carbocycles. The third kappa shape index (κ3) is 4.56. The Bertz CT molecular complexity index is 2490. The van der Waals surface area contributed by atoms with Crippen LogP contribution in [0.1, 0.15) is 34.3 Å². The smallest absolute Gasteiger partial charge is 0.318 e. The highest BCUT2D eigenvalue weighted by Gasteiger charge is 2.48. The first-order valence-corrected chi connectivity index (χ1v) is 19.1. The van der Waals surface area contributed by atoms with Crippen LogP contribution in [0.2, 0.25) is 0 Å². The molecule has 0 radical (unpaired) electrons. The molecule has 9 rings (SSSR count). The molecule has 1 aliphatic heterocycles. The van der Waals surface area contributed by atoms with Gasteiger partial charge in [-0.05, 0) is 51.1 Å². The van der Waals surface area contributed by atoms with Crippen LogP contribution in [0.25, 0.3) is 27.6 Å². The molecule has 0 amide bonds. The standard InChI is InChI=1S/C46H34NO4P/c1-30(48)47-39-29-17-16-28-38(39)41-42(46(49)50-2)44(43(51-45(41)47)40-36-26-14-12-24-34(36)35-25-13-15-27-37(35)40)52(31-18-6-3-7-19-31,32-20-8-4-9-21-32)33-22-10-5-11-23-33/h3-29,42H,1-2H3. The summed E-state index contributed by atoms with van der Waals surface area (Å²) in [5.74, 6) is -0.664. The van der Waals surface area contributed by atoms with Crippen molar-refractivity contribution in [1.29, 1.82) is 0 Å². The summed E-state index contributed by atoms with van der Waals surface area (Å²) >= 11 is 0. The summed E-state index contributed by atoms with van der Waals surface area (Å²) in [5, 5.41) is 4.79. The lowest BCUT2D eigenvalue weighted by Crippen LogP contribution is -2.40. The summed E-state index contributed by atoms with van der Waals surface area (Å²) in [6, 6.07) is 55.9. The quantitative estimate of drug-likeness (QED) is 0.137. The number of nitrogens with zero attached hydrogens (tertiary/aromatic N) is 1. The molecule has 0 fully saturated rings. The third-order valence-electron chi connectivity index (χ3n) is 10.3. The van der Waals surface area contributed by atoms with Crippen molar-refractivity contribution in [2.45, 2.75) is 12.8 Å². The Morgan fingerprint density at radius 1 is 0.596 bits per heavy atom. The Kier molecular flexibility index (Phi) is 7.68. The van der Waals surface area contributed by atoms with Gasteiger partial charge in [-0.15, -0.1) is 0 Å². The van der Waals surface area contributed by atoms with E-state index in [4.69, 9.17) is 9.47 Å². The van der Waals surface area contributed by atoms with Crippen LogP contribution < -0.4 is 20.7 Å². The lowest BCUT2D eigenvalue weighted by atomic mass is 9.88. The van der Waals surface area contributed by atoms with Crippen molar-refractivity contribution in [1.82, 2.24) is 4.57 Å². The minimum Gasteiger partial charge on any atom is -0.468 e. The Morgan fingerprint density at radius 2 is 1.04 bits per heavy atom. The van der Waals surface area contributed by atoms with Crippen molar-refractivity contribution < 1.29 is 19.1 Å². The van der Waals surface area contributed by atoms with E-state index in [1.165, 1.54) is 14.0 Å². The highest BCUT2D eigenvalue weighted by molar-refractivity contribution is 7.95. The predicted octanol–water partition coefficient (Wildman–Crippen LogP) is 8.56. The number of hydrogen-bond donors (Lipinski definition) is 0. The summed E-state index contributed by atoms with van der Waals surface area (Å²) in [5.41, 5.74) is 6.35. The molecule has 0 spiro atoms. The number of ether oxygens (including phenoxy) is 2. The number of para-hydroxylation sites is 1. The van der Waals surface area contributed by atoms with Gasteiger partial charge < -0.3 is 9.47 Å². The molecule has 0 bridgehead atoms. The number of benzene rings is 6. The predicted molar refractivity (Wildman–Crippen MR) is 212 cm³/mol. The minimum atomic E-state index is -2.99. The zero-order chi connectivity index (χ0) is 35.4. The number of carbonyl (C=O) groups excluding carboxylic acids is 2. The summed E-state index contributed by atoms with van der Waals surface area (Å²) in [7, 11) is 1.44. The fourth-order valence-corrected chi connectivity index (χ4v) is 13.0. The molecule has 0 N–H and O–H groups in total. The van der Waals surface area contributed by atoms with Gasteiger partial charge in [0.1, 0.15) is 11.7 Å². The molecule has 5 nitrogen and oxygen atoms in total. The largest absolute Gasteiger partial charge is 0.468 e. The van der Waals surface area contributed by atoms with Gasteiger partial charge in [-0.2, -0.15) is 0 Å². The maximum absolute atomic E-state index is 15.0. The maximum Gasteiger partial charge on any atom is 0.318 e. The van der Waals surface area contributed by atoms with E-state index in [1.807, 2.05) is 66.7 Å². The van der Waals surface area contributed by atoms with Crippen LogP contribution in [0.15, 0.2) is 170 Å². The monoisotopic (exact) mass is 695 g/mol. The molecule has 1 unspecified atom stereocenters. The van der Waals surface area contributed by atoms with Gasteiger partial charge in [0.15, 0.2) is 0 Å². The van der Waals surface area contributed by atoms with Gasteiger partial charge in [0.25, 0.3) is 0 Å². The summed E-state index contributed by atoms with van der Waals surface area (Å²) in [6.07, 6.45) is 0. The van der Waals surface area contributed by atoms with Crippen LogP contribution >= 0.6 is 6.89 Å². The summed E-state index contributed by atoms with van der Waals surface area (Å²) in [4.78, 5) is 28.6. The minimum absolute atomic E-state index is 0.212. The van der Waals surface area contributed by atoms with Crippen molar-refractivity contribution >= 4 is 56.4 Å². The first-order chi connectivity index (χ1) is 25.6. The Morgan fingerprint density at radius 3 is 1.52 bits per heavy atom. The van der Waals surface area contributed by atoms with Crippen LogP contribution in [0.4, 0.5) is 0 Å². The number of methoxy groups -OCH3 is 1. The Hall–Kier alpha value is -6.16. The SMILES string of the molecule is COC(=O)C1C(=P(c2ccccc2)(c2ccccc2)c2ccccc2)C(=C2c3ccccc3-c3ccccc32)Oc2c1c1ccccc1n2C(C)=O. The summed E-state index contributed by atoms with van der Waals surface area (Å²) in [6.45, 7) is -1.46. The molecule has 0 saturated carbocycles. The van der Waals surface area contributed by atoms with Gasteiger partial charge in [-0.25, -0.2) is 4.57 Å². The highest BCUT2D eigenvalue weighted by Crippen LogP contribution is 2.58. The van der Waals surface area contributed by atoms with Crippen LogP contribution in [-0.4, -0.2) is 28.8 Å². The molecule has 1 atom stereocenters. The number of hydrogen-bond acceptors (Lipinski definition) is 4. The number of fused-ring (bicyclic) bond motifs is 6. The molecule has 2 aliphatic rings. The highest BCUT2D eigenvalue weighted by atomic mass is 31.2. The maximum atomic E-state index is 15.0. The van der Waals surface area contributed by atoms with E-state index in [1.54, 1.807) is 4.57 Å². The van der Waals surface area contributed by atoms with Crippen LogP contribution in [0.3, 0.4) is 0 Å². The van der Waals surface area contributed by atoms with Crippen molar-refractivity contribution in [3.8, 4) is 17.0 Å². The molecule has 0 saturated heterocycles. The van der Waals surface area contributed by atoms with E-state index >= 15 is 0 Å². The zero-order valence-corrected chi connectivity index (χ0v) is 29.6. The van der Waals surface area contributed by atoms with E-state index in [2.05, 4.69) is 97.1 Å². The van der Waals surface area contributed by atoms with Crippen molar-refractivity contribution in [3.05, 3.63) is 186 Å². The van der Waals surface area contributed by atoms with E-state index in [0.29, 0.717) is 22.7 Å². The van der Waals surface area contributed by atoms with Gasteiger partial charge in [0.2, 0.25) is 11.8 Å². The van der Waals surface area contributed by atoms with E-state index < -0.39 is 18.8 Å². The average Bonchev–Trinajstić information content (AvgIpc) is 3.72. The average molecular weight is 696 g/mol. The van der Waals surface area contributed by atoms with Gasteiger partial charge in [-0.1, -0.05) is 158 Å². The van der Waals surface area contributed by atoms with Gasteiger partial charge in [0, 0.05) is 28.7 Å². The first-order valence-electron chi connectivity index (χ1n) is 17.3. The van der Waals surface area contributed by atoms with E-state index in [-0.39, 0.29) is 5.91 Å². The second-order valence-electron chi connectivity index (χ2n) is 13.0. The first kappa shape index (κ1) is 31.8. The van der Waals surface area contributed by atoms with Crippen molar-refractivity contribution in [2.75, 3.05) is 7.11 Å². The number of allylic oxidation sites excluding steroid dienone is 1. The second-order valence-corrected chi connectivity index (χ2v) is 16.4. The van der Waals surface area contributed by atoms with E-state index in [9.17, 15) is 9.59 Å². The molecule has 1 aromatic heterocycles. The third-order valence-corrected chi connectivity index (χ3v) is 14.7. The molecule has 7 aromatic rings. The number of rotatable bonds is 4. The molecule has 52 heavy (non-hydrogen) atoms. The molecule has 1 aliphatic carbocycles. The number of esters is 1. The van der Waals surface area contributed by atoms with Crippen molar-refractivity contribution in [3.63, 3.8) is 0 Å². The number of carbonyl (C=O) groups is 2. The van der Waals surface area contributed by atoms with Gasteiger partial charge >= 0.3 is 5.97 Å². The van der Waals surface area contributed by atoms with Crippen LogP contribution in [-0.2, 0) is 9.53 Å². The Labute approximate surface area is 302 Å². The van der Waals surface area contributed by atoms with Crippen LogP contribution in [0, 0.1) is 0 Å². The molecular weight excluding hydrogens is 661 g/mol. The fraction of sp³-hybridized carbons (Fsp3) is 0.0652. The lowest BCUT2D eigenvalue weighted by Gasteiger charge is -2.39. The number of aromatic nitrogens is 1. The zero-order valence-electron chi connectivity index (χ0n) is 28.7.